The van der Waals surface area contributed by atoms with Crippen molar-refractivity contribution in [3.63, 3.8) is 0 Å². The highest BCUT2D eigenvalue weighted by atomic mass is 32.1. The normalized spacial score (nSPS) is 19.4. The maximum Gasteiger partial charge on any atom is 0.202 e. The molecule has 1 atom stereocenters. The molecule has 16 heavy (non-hydrogen) atoms. The van der Waals surface area contributed by atoms with Crippen LogP contribution in [-0.2, 0) is 0 Å². The number of nitrogens with one attached hydrogen (secondary N) is 1. The summed E-state index contributed by atoms with van der Waals surface area (Å²) in [4.78, 5) is 4.42. The Bertz CT molecular complexity index is 347. The van der Waals surface area contributed by atoms with Gasteiger partial charge in [-0.3, -0.25) is 0 Å². The third-order valence-electron chi connectivity index (χ3n) is 2.79. The minimum Gasteiger partial charge on any atom is -0.388 e. The van der Waals surface area contributed by atoms with Crippen LogP contribution < -0.4 is 5.32 Å². The lowest BCUT2D eigenvalue weighted by Gasteiger charge is -2.22. The van der Waals surface area contributed by atoms with Crippen LogP contribution in [-0.4, -0.2) is 26.6 Å². The monoisotopic (exact) mass is 241 g/mol. The van der Waals surface area contributed by atoms with Gasteiger partial charge in [0.1, 0.15) is 5.82 Å². The van der Waals surface area contributed by atoms with E-state index in [1.165, 1.54) is 24.4 Å². The second kappa shape index (κ2) is 4.67. The average Bonchev–Trinajstić information content (AvgIpc) is 2.95. The van der Waals surface area contributed by atoms with E-state index in [-0.39, 0.29) is 0 Å². The molecule has 1 aliphatic rings. The molecule has 0 radical (unpaired) electrons. The van der Waals surface area contributed by atoms with E-state index in [0.29, 0.717) is 12.5 Å². The van der Waals surface area contributed by atoms with Gasteiger partial charge in [0.05, 0.1) is 5.60 Å². The maximum atomic E-state index is 10.00. The van der Waals surface area contributed by atoms with Crippen LogP contribution in [0.5, 0.6) is 0 Å². The molecule has 0 amide bonds. The Balaban J connectivity index is 1.84. The summed E-state index contributed by atoms with van der Waals surface area (Å²) in [6.07, 6.45) is 4.24. The van der Waals surface area contributed by atoms with E-state index in [9.17, 15) is 5.11 Å². The van der Waals surface area contributed by atoms with Gasteiger partial charge < -0.3 is 10.4 Å². The highest BCUT2D eigenvalue weighted by Crippen LogP contribution is 2.39. The van der Waals surface area contributed by atoms with Gasteiger partial charge in [0.2, 0.25) is 5.13 Å². The first-order valence-corrected chi connectivity index (χ1v) is 6.68. The zero-order chi connectivity index (χ0) is 11.6. The van der Waals surface area contributed by atoms with Crippen molar-refractivity contribution >= 4 is 16.7 Å². The Morgan fingerprint density at radius 1 is 1.56 bits per heavy atom. The highest BCUT2D eigenvalue weighted by Gasteiger charge is 2.28. The fraction of sp³-hybridized carbons (Fsp3) is 0.818. The van der Waals surface area contributed by atoms with Gasteiger partial charge in [0, 0.05) is 24.0 Å². The third kappa shape index (κ3) is 3.15. The molecule has 1 heterocycles. The van der Waals surface area contributed by atoms with Gasteiger partial charge >= 0.3 is 0 Å². The minimum atomic E-state index is -0.653. The summed E-state index contributed by atoms with van der Waals surface area (Å²) in [6, 6.07) is 0. The summed E-state index contributed by atoms with van der Waals surface area (Å²) in [5.74, 6) is 1.57. The van der Waals surface area contributed by atoms with Gasteiger partial charge in [-0.2, -0.15) is 4.37 Å². The first kappa shape index (κ1) is 11.8. The summed E-state index contributed by atoms with van der Waals surface area (Å²) in [5.41, 5.74) is -0.653. The van der Waals surface area contributed by atoms with Gasteiger partial charge in [-0.15, -0.1) is 0 Å². The van der Waals surface area contributed by atoms with E-state index in [1.54, 1.807) is 0 Å². The van der Waals surface area contributed by atoms with Gasteiger partial charge in [-0.25, -0.2) is 4.98 Å². The Kier molecular flexibility index (Phi) is 3.44. The molecule has 1 aliphatic carbocycles. The molecule has 0 spiro atoms. The van der Waals surface area contributed by atoms with Crippen molar-refractivity contribution in [1.82, 2.24) is 9.36 Å². The predicted molar refractivity (Wildman–Crippen MR) is 65.9 cm³/mol. The molecule has 2 rings (SSSR count). The van der Waals surface area contributed by atoms with Crippen molar-refractivity contribution in [2.75, 3.05) is 11.9 Å². The molecular weight excluding hydrogens is 222 g/mol. The number of hydrogen-bond acceptors (Lipinski definition) is 5. The SMILES string of the molecule is CCCC(C)(O)CNc1nc(C2CC2)ns1. The minimum absolute atomic E-state index is 0.542. The van der Waals surface area contributed by atoms with Crippen molar-refractivity contribution in [2.24, 2.45) is 0 Å². The molecule has 1 aromatic heterocycles. The third-order valence-corrected chi connectivity index (χ3v) is 3.48. The van der Waals surface area contributed by atoms with E-state index in [4.69, 9.17) is 0 Å². The predicted octanol–water partition coefficient (Wildman–Crippen LogP) is 2.38. The molecule has 0 saturated heterocycles. The Morgan fingerprint density at radius 2 is 2.31 bits per heavy atom. The second-order valence-electron chi connectivity index (χ2n) is 4.83. The molecule has 0 bridgehead atoms. The molecule has 90 valence electrons. The largest absolute Gasteiger partial charge is 0.388 e. The van der Waals surface area contributed by atoms with Crippen LogP contribution in [0, 0.1) is 0 Å². The lowest BCUT2D eigenvalue weighted by Crippen LogP contribution is -2.33. The van der Waals surface area contributed by atoms with E-state index >= 15 is 0 Å². The summed E-state index contributed by atoms with van der Waals surface area (Å²) < 4.78 is 4.31. The summed E-state index contributed by atoms with van der Waals surface area (Å²) in [7, 11) is 0. The summed E-state index contributed by atoms with van der Waals surface area (Å²) in [6.45, 7) is 4.47. The zero-order valence-electron chi connectivity index (χ0n) is 9.86. The molecule has 0 aromatic carbocycles. The smallest absolute Gasteiger partial charge is 0.202 e. The average molecular weight is 241 g/mol. The number of rotatable bonds is 6. The quantitative estimate of drug-likeness (QED) is 0.803. The van der Waals surface area contributed by atoms with E-state index in [2.05, 4.69) is 21.6 Å². The van der Waals surface area contributed by atoms with Crippen molar-refractivity contribution in [3.8, 4) is 0 Å². The van der Waals surface area contributed by atoms with E-state index in [1.807, 2.05) is 6.92 Å². The molecule has 5 heteroatoms. The van der Waals surface area contributed by atoms with Gasteiger partial charge in [0.15, 0.2) is 0 Å². The van der Waals surface area contributed by atoms with Crippen LogP contribution in [0.4, 0.5) is 5.13 Å². The lowest BCUT2D eigenvalue weighted by molar-refractivity contribution is 0.0637. The maximum absolute atomic E-state index is 10.00. The standard InChI is InChI=1S/C11H19N3OS/c1-3-6-11(2,15)7-12-10-13-9(14-16-10)8-4-5-8/h8,15H,3-7H2,1-2H3,(H,12,13,14). The number of anilines is 1. The Labute approximate surface area is 100 Å². The topological polar surface area (TPSA) is 58.0 Å². The molecule has 1 fully saturated rings. The Morgan fingerprint density at radius 3 is 2.94 bits per heavy atom. The fourth-order valence-corrected chi connectivity index (χ4v) is 2.35. The van der Waals surface area contributed by atoms with E-state index < -0.39 is 5.60 Å². The van der Waals surface area contributed by atoms with Crippen molar-refractivity contribution in [1.29, 1.82) is 0 Å². The van der Waals surface area contributed by atoms with Crippen LogP contribution in [0.2, 0.25) is 0 Å². The van der Waals surface area contributed by atoms with E-state index in [0.717, 1.165) is 23.8 Å². The van der Waals surface area contributed by atoms with Gasteiger partial charge in [0.25, 0.3) is 0 Å². The number of aromatic nitrogens is 2. The molecule has 1 saturated carbocycles. The molecule has 4 nitrogen and oxygen atoms in total. The van der Waals surface area contributed by atoms with Crippen molar-refractivity contribution in [2.45, 2.75) is 51.0 Å². The second-order valence-corrected chi connectivity index (χ2v) is 5.58. The first-order valence-electron chi connectivity index (χ1n) is 5.90. The molecule has 1 aromatic rings. The molecule has 2 N–H and O–H groups in total. The van der Waals surface area contributed by atoms with Crippen LogP contribution in [0.1, 0.15) is 51.3 Å². The van der Waals surface area contributed by atoms with Gasteiger partial charge in [-0.1, -0.05) is 13.3 Å². The van der Waals surface area contributed by atoms with Crippen LogP contribution in [0.3, 0.4) is 0 Å². The summed E-state index contributed by atoms with van der Waals surface area (Å²) >= 11 is 1.39. The number of nitrogens with zero attached hydrogens (tertiary/aromatic N) is 2. The lowest BCUT2D eigenvalue weighted by atomic mass is 10.0. The van der Waals surface area contributed by atoms with Gasteiger partial charge in [-0.05, 0) is 26.2 Å². The fourth-order valence-electron chi connectivity index (χ4n) is 1.71. The number of hydrogen-bond donors (Lipinski definition) is 2. The summed E-state index contributed by atoms with van der Waals surface area (Å²) in [5, 5.41) is 14.0. The first-order chi connectivity index (χ1) is 7.61. The van der Waals surface area contributed by atoms with Crippen LogP contribution in [0.25, 0.3) is 0 Å². The molecule has 0 aliphatic heterocycles. The van der Waals surface area contributed by atoms with Crippen molar-refractivity contribution in [3.05, 3.63) is 5.82 Å². The van der Waals surface area contributed by atoms with Crippen molar-refractivity contribution < 1.29 is 5.11 Å². The number of aliphatic hydroxyl groups is 1. The Hall–Kier alpha value is -0.680. The highest BCUT2D eigenvalue weighted by molar-refractivity contribution is 7.09. The molecule has 1 unspecified atom stereocenters. The zero-order valence-corrected chi connectivity index (χ0v) is 10.7. The van der Waals surface area contributed by atoms with Crippen LogP contribution >= 0.6 is 11.5 Å². The molecular formula is C11H19N3OS. The van der Waals surface area contributed by atoms with Crippen LogP contribution in [0.15, 0.2) is 0 Å².